The molecule has 2 aromatic carbocycles. The smallest absolute Gasteiger partial charge is 0.257 e. The van der Waals surface area contributed by atoms with Gasteiger partial charge in [0.05, 0.1) is 17.0 Å². The van der Waals surface area contributed by atoms with Crippen molar-refractivity contribution in [1.82, 2.24) is 29.5 Å². The number of halogens is 1. The molecule has 6 rings (SSSR count). The number of fused-ring (bicyclic) bond motifs is 1. The van der Waals surface area contributed by atoms with E-state index in [1.807, 2.05) is 56.4 Å². The lowest BCUT2D eigenvalue weighted by atomic mass is 9.90. The molecule has 0 bridgehead atoms. The van der Waals surface area contributed by atoms with Gasteiger partial charge in [0, 0.05) is 29.2 Å². The Morgan fingerprint density at radius 3 is 2.49 bits per heavy atom. The van der Waals surface area contributed by atoms with E-state index in [9.17, 15) is 9.18 Å². The van der Waals surface area contributed by atoms with Gasteiger partial charge in [0.15, 0.2) is 0 Å². The van der Waals surface area contributed by atoms with Crippen LogP contribution in [0.3, 0.4) is 0 Å². The SMILES string of the molecule is CC(C)C1=C(C(=O)Nc2ccccn2)C(c2cn(-c3ccccc3)nc2-c2ccc(F)cc2)n2ncnc2N1. The fourth-order valence-corrected chi connectivity index (χ4v) is 4.73. The summed E-state index contributed by atoms with van der Waals surface area (Å²) in [6.45, 7) is 4.02. The highest BCUT2D eigenvalue weighted by atomic mass is 19.1. The minimum atomic E-state index is -0.678. The predicted octanol–water partition coefficient (Wildman–Crippen LogP) is 5.23. The molecule has 4 heterocycles. The molecule has 0 saturated carbocycles. The van der Waals surface area contributed by atoms with Crippen LogP contribution in [0.15, 0.2) is 103 Å². The molecule has 0 radical (unpaired) electrons. The van der Waals surface area contributed by atoms with E-state index >= 15 is 0 Å². The molecular weight excluding hydrogens is 495 g/mol. The van der Waals surface area contributed by atoms with Gasteiger partial charge in [0.25, 0.3) is 5.91 Å². The van der Waals surface area contributed by atoms with Crippen molar-refractivity contribution < 1.29 is 9.18 Å². The number of rotatable bonds is 6. The summed E-state index contributed by atoms with van der Waals surface area (Å²) >= 11 is 0. The summed E-state index contributed by atoms with van der Waals surface area (Å²) in [5, 5.41) is 15.6. The molecular formula is C29H25FN8O. The molecule has 2 N–H and O–H groups in total. The first-order chi connectivity index (χ1) is 19.0. The molecule has 1 amide bonds. The zero-order valence-electron chi connectivity index (χ0n) is 21.3. The summed E-state index contributed by atoms with van der Waals surface area (Å²) in [6.07, 6.45) is 4.96. The molecule has 0 spiro atoms. The Labute approximate surface area is 224 Å². The summed E-state index contributed by atoms with van der Waals surface area (Å²) in [5.41, 5.74) is 4.03. The highest BCUT2D eigenvalue weighted by Gasteiger charge is 2.38. The van der Waals surface area contributed by atoms with Crippen LogP contribution in [0.5, 0.6) is 0 Å². The van der Waals surface area contributed by atoms with E-state index in [1.165, 1.54) is 18.5 Å². The van der Waals surface area contributed by atoms with Crippen LogP contribution < -0.4 is 10.6 Å². The number of amides is 1. The molecule has 1 atom stereocenters. The summed E-state index contributed by atoms with van der Waals surface area (Å²) < 4.78 is 17.3. The van der Waals surface area contributed by atoms with Crippen LogP contribution in [0.4, 0.5) is 16.2 Å². The average Bonchev–Trinajstić information content (AvgIpc) is 3.61. The number of aromatic nitrogens is 6. The maximum absolute atomic E-state index is 14.0. The summed E-state index contributed by atoms with van der Waals surface area (Å²) in [4.78, 5) is 22.7. The van der Waals surface area contributed by atoms with Crippen LogP contribution in [0, 0.1) is 11.7 Å². The van der Waals surface area contributed by atoms with Gasteiger partial charge in [-0.15, -0.1) is 0 Å². The Bertz CT molecular complexity index is 1660. The van der Waals surface area contributed by atoms with Gasteiger partial charge in [-0.3, -0.25) is 4.79 Å². The molecule has 5 aromatic rings. The largest absolute Gasteiger partial charge is 0.327 e. The van der Waals surface area contributed by atoms with Crippen LogP contribution in [0.1, 0.15) is 25.5 Å². The molecule has 3 aromatic heterocycles. The van der Waals surface area contributed by atoms with Crippen LogP contribution >= 0.6 is 0 Å². The second kappa shape index (κ2) is 9.97. The molecule has 1 aliphatic rings. The van der Waals surface area contributed by atoms with Crippen molar-refractivity contribution >= 4 is 17.7 Å². The standard InChI is InChI=1S/C29H25FN8O/c1-18(2)25-24(28(39)34-23-10-6-7-15-31-23)27(38-29(35-25)32-17-33-38)22-16-37(21-8-4-3-5-9-21)36-26(22)19-11-13-20(30)14-12-19/h3-18,27H,1-2H3,(H,31,34,39)(H,32,33,35). The fourth-order valence-electron chi connectivity index (χ4n) is 4.73. The van der Waals surface area contributed by atoms with Crippen molar-refractivity contribution in [3.8, 4) is 16.9 Å². The molecule has 0 fully saturated rings. The topological polar surface area (TPSA) is 103 Å². The minimum absolute atomic E-state index is 0.0409. The Morgan fingerprint density at radius 1 is 1.00 bits per heavy atom. The third-order valence-corrected chi connectivity index (χ3v) is 6.53. The number of allylic oxidation sites excluding steroid dienone is 1. The number of anilines is 2. The van der Waals surface area contributed by atoms with Crippen LogP contribution in [0.2, 0.25) is 0 Å². The van der Waals surface area contributed by atoms with Crippen LogP contribution in [-0.4, -0.2) is 35.4 Å². The second-order valence-corrected chi connectivity index (χ2v) is 9.43. The van der Waals surface area contributed by atoms with E-state index in [0.29, 0.717) is 39.9 Å². The third kappa shape index (κ3) is 4.56. The molecule has 1 aliphatic heterocycles. The first-order valence-corrected chi connectivity index (χ1v) is 12.5. The lowest BCUT2D eigenvalue weighted by molar-refractivity contribution is -0.113. The van der Waals surface area contributed by atoms with Gasteiger partial charge >= 0.3 is 0 Å². The lowest BCUT2D eigenvalue weighted by Gasteiger charge is -2.31. The van der Waals surface area contributed by atoms with Gasteiger partial charge in [-0.1, -0.05) is 38.1 Å². The number of hydrogen-bond acceptors (Lipinski definition) is 6. The first kappa shape index (κ1) is 24.2. The predicted molar refractivity (Wildman–Crippen MR) is 145 cm³/mol. The number of benzene rings is 2. The number of carbonyl (C=O) groups excluding carboxylic acids is 1. The Kier molecular flexibility index (Phi) is 6.20. The number of nitrogens with one attached hydrogen (secondary N) is 2. The van der Waals surface area contributed by atoms with Crippen molar-refractivity contribution in [2.75, 3.05) is 10.6 Å². The van der Waals surface area contributed by atoms with Gasteiger partial charge in [0.1, 0.15) is 24.0 Å². The van der Waals surface area contributed by atoms with Gasteiger partial charge in [-0.2, -0.15) is 15.2 Å². The summed E-state index contributed by atoms with van der Waals surface area (Å²) in [7, 11) is 0. The lowest BCUT2D eigenvalue weighted by Crippen LogP contribution is -2.33. The maximum atomic E-state index is 14.0. The number of nitrogens with zero attached hydrogens (tertiary/aromatic N) is 6. The number of carbonyl (C=O) groups is 1. The van der Waals surface area contributed by atoms with Crippen molar-refractivity contribution in [2.45, 2.75) is 19.9 Å². The number of hydrogen-bond donors (Lipinski definition) is 2. The van der Waals surface area contributed by atoms with E-state index in [4.69, 9.17) is 5.10 Å². The molecule has 0 aliphatic carbocycles. The Balaban J connectivity index is 1.57. The van der Waals surface area contributed by atoms with Crippen LogP contribution in [-0.2, 0) is 4.79 Å². The van der Waals surface area contributed by atoms with E-state index in [1.54, 1.807) is 39.8 Å². The van der Waals surface area contributed by atoms with E-state index in [2.05, 4.69) is 25.7 Å². The van der Waals surface area contributed by atoms with Gasteiger partial charge in [0.2, 0.25) is 5.95 Å². The molecule has 0 saturated heterocycles. The van der Waals surface area contributed by atoms with Crippen molar-refractivity contribution in [1.29, 1.82) is 0 Å². The van der Waals surface area contributed by atoms with Crippen molar-refractivity contribution in [3.05, 3.63) is 114 Å². The van der Waals surface area contributed by atoms with Crippen molar-refractivity contribution in [2.24, 2.45) is 5.92 Å². The van der Waals surface area contributed by atoms with Gasteiger partial charge in [-0.05, 0) is 54.4 Å². The average molecular weight is 521 g/mol. The summed E-state index contributed by atoms with van der Waals surface area (Å²) in [5.74, 6) is 0.227. The number of pyridine rings is 1. The quantitative estimate of drug-likeness (QED) is 0.318. The molecule has 194 valence electrons. The maximum Gasteiger partial charge on any atom is 0.257 e. The second-order valence-electron chi connectivity index (χ2n) is 9.43. The molecule has 10 heteroatoms. The van der Waals surface area contributed by atoms with Gasteiger partial charge in [-0.25, -0.2) is 18.7 Å². The minimum Gasteiger partial charge on any atom is -0.327 e. The Hall–Kier alpha value is -5.12. The zero-order valence-corrected chi connectivity index (χ0v) is 21.3. The molecule has 39 heavy (non-hydrogen) atoms. The molecule has 9 nitrogen and oxygen atoms in total. The monoisotopic (exact) mass is 520 g/mol. The zero-order chi connectivity index (χ0) is 26.9. The molecule has 1 unspecified atom stereocenters. The Morgan fingerprint density at radius 2 is 1.77 bits per heavy atom. The van der Waals surface area contributed by atoms with Crippen LogP contribution in [0.25, 0.3) is 16.9 Å². The highest BCUT2D eigenvalue weighted by Crippen LogP contribution is 2.41. The third-order valence-electron chi connectivity index (χ3n) is 6.53. The van der Waals surface area contributed by atoms with E-state index in [0.717, 1.165) is 5.69 Å². The van der Waals surface area contributed by atoms with E-state index < -0.39 is 6.04 Å². The summed E-state index contributed by atoms with van der Waals surface area (Å²) in [6, 6.07) is 20.5. The fraction of sp³-hybridized carbons (Fsp3) is 0.138. The first-order valence-electron chi connectivity index (χ1n) is 12.5. The highest BCUT2D eigenvalue weighted by molar-refractivity contribution is 6.05. The number of para-hydroxylation sites is 1. The van der Waals surface area contributed by atoms with Crippen molar-refractivity contribution in [3.63, 3.8) is 0 Å². The van der Waals surface area contributed by atoms with Gasteiger partial charge < -0.3 is 10.6 Å². The normalized spacial score (nSPS) is 14.7. The van der Waals surface area contributed by atoms with E-state index in [-0.39, 0.29) is 17.6 Å².